The van der Waals surface area contributed by atoms with Crippen LogP contribution >= 0.6 is 0 Å². The minimum absolute atomic E-state index is 0.0659. The van der Waals surface area contributed by atoms with Crippen molar-refractivity contribution in [1.82, 2.24) is 9.29 Å². The van der Waals surface area contributed by atoms with Crippen LogP contribution in [0.4, 0.5) is 5.69 Å². The second kappa shape index (κ2) is 8.84. The number of aromatic nitrogens is 1. The summed E-state index contributed by atoms with van der Waals surface area (Å²) in [6.45, 7) is 4.96. The van der Waals surface area contributed by atoms with Crippen molar-refractivity contribution < 1.29 is 13.2 Å². The third-order valence-electron chi connectivity index (χ3n) is 5.00. The maximum Gasteiger partial charge on any atom is 0.243 e. The van der Waals surface area contributed by atoms with Crippen LogP contribution in [0.3, 0.4) is 0 Å². The van der Waals surface area contributed by atoms with Crippen molar-refractivity contribution in [2.24, 2.45) is 5.92 Å². The molecule has 0 atom stereocenters. The van der Waals surface area contributed by atoms with E-state index in [-0.39, 0.29) is 16.7 Å². The van der Waals surface area contributed by atoms with Crippen LogP contribution in [0.15, 0.2) is 53.7 Å². The van der Waals surface area contributed by atoms with E-state index < -0.39 is 10.0 Å². The molecule has 28 heavy (non-hydrogen) atoms. The number of amides is 1. The molecule has 3 rings (SSSR count). The van der Waals surface area contributed by atoms with Crippen LogP contribution < -0.4 is 5.32 Å². The Morgan fingerprint density at radius 2 is 1.71 bits per heavy atom. The molecule has 150 valence electrons. The van der Waals surface area contributed by atoms with Crippen LogP contribution in [-0.2, 0) is 14.8 Å². The van der Waals surface area contributed by atoms with Crippen LogP contribution in [-0.4, -0.2) is 36.7 Å². The van der Waals surface area contributed by atoms with E-state index in [2.05, 4.69) is 10.3 Å². The minimum Gasteiger partial charge on any atom is -0.326 e. The summed E-state index contributed by atoms with van der Waals surface area (Å²) in [5.41, 5.74) is 1.83. The van der Waals surface area contributed by atoms with Crippen LogP contribution in [0.5, 0.6) is 0 Å². The second-order valence-corrected chi connectivity index (χ2v) is 9.57. The molecule has 1 aliphatic heterocycles. The molecule has 1 amide bonds. The van der Waals surface area contributed by atoms with Gasteiger partial charge in [0.25, 0.3) is 0 Å². The number of anilines is 1. The van der Waals surface area contributed by atoms with Crippen molar-refractivity contribution in [3.63, 3.8) is 0 Å². The zero-order chi connectivity index (χ0) is 20.1. The first-order valence-corrected chi connectivity index (χ1v) is 11.1. The first kappa shape index (κ1) is 20.5. The molecule has 1 aliphatic rings. The monoisotopic (exact) mass is 401 g/mol. The molecule has 1 aromatic heterocycles. The molecule has 0 unspecified atom stereocenters. The molecule has 1 aromatic carbocycles. The molecule has 7 heteroatoms. The Bertz CT molecular complexity index is 888. The number of hydrogen-bond acceptors (Lipinski definition) is 4. The first-order chi connectivity index (χ1) is 13.4. The summed E-state index contributed by atoms with van der Waals surface area (Å²) >= 11 is 0. The highest BCUT2D eigenvalue weighted by atomic mass is 32.2. The van der Waals surface area contributed by atoms with Gasteiger partial charge >= 0.3 is 0 Å². The van der Waals surface area contributed by atoms with Crippen LogP contribution in [0.1, 0.15) is 44.6 Å². The largest absolute Gasteiger partial charge is 0.326 e. The lowest BCUT2D eigenvalue weighted by Gasteiger charge is -2.31. The fourth-order valence-electron chi connectivity index (χ4n) is 3.51. The number of rotatable bonds is 6. The molecule has 0 radical (unpaired) electrons. The van der Waals surface area contributed by atoms with E-state index in [1.165, 1.54) is 5.56 Å². The molecular weight excluding hydrogens is 374 g/mol. The van der Waals surface area contributed by atoms with E-state index in [4.69, 9.17) is 0 Å². The summed E-state index contributed by atoms with van der Waals surface area (Å²) in [6.07, 6.45) is 5.59. The van der Waals surface area contributed by atoms with Gasteiger partial charge in [0.1, 0.15) is 0 Å². The molecule has 1 N–H and O–H groups in total. The molecule has 0 aliphatic carbocycles. The van der Waals surface area contributed by atoms with Gasteiger partial charge in [-0.25, -0.2) is 8.42 Å². The molecule has 0 bridgehead atoms. The Kier molecular flexibility index (Phi) is 6.46. The average molecular weight is 402 g/mol. The fraction of sp³-hybridized carbons (Fsp3) is 0.429. The third-order valence-corrected chi connectivity index (χ3v) is 6.91. The summed E-state index contributed by atoms with van der Waals surface area (Å²) in [5.74, 6) is 0.575. The SMILES string of the molecule is CC(C)CC(=O)Nc1ccc(S(=O)(=O)N2CCC(c3ccncc3)CC2)cc1. The van der Waals surface area contributed by atoms with Crippen LogP contribution in [0.2, 0.25) is 0 Å². The van der Waals surface area contributed by atoms with Gasteiger partial charge in [-0.3, -0.25) is 9.78 Å². The Morgan fingerprint density at radius 3 is 2.29 bits per heavy atom. The maximum absolute atomic E-state index is 12.9. The lowest BCUT2D eigenvalue weighted by molar-refractivity contribution is -0.116. The standard InChI is InChI=1S/C21H27N3O3S/c1-16(2)15-21(25)23-19-3-5-20(6-4-19)28(26,27)24-13-9-18(10-14-24)17-7-11-22-12-8-17/h3-8,11-12,16,18H,9-10,13-15H2,1-2H3,(H,23,25). The van der Waals surface area contributed by atoms with E-state index in [1.807, 2.05) is 26.0 Å². The van der Waals surface area contributed by atoms with Crippen molar-refractivity contribution in [3.05, 3.63) is 54.4 Å². The third kappa shape index (κ3) is 4.97. The zero-order valence-electron chi connectivity index (χ0n) is 16.3. The van der Waals surface area contributed by atoms with E-state index >= 15 is 0 Å². The van der Waals surface area contributed by atoms with Gasteiger partial charge in [0.2, 0.25) is 15.9 Å². The van der Waals surface area contributed by atoms with Crippen molar-refractivity contribution in [2.75, 3.05) is 18.4 Å². The average Bonchev–Trinajstić information content (AvgIpc) is 2.68. The Balaban J connectivity index is 1.62. The quantitative estimate of drug-likeness (QED) is 0.801. The highest BCUT2D eigenvalue weighted by Gasteiger charge is 2.29. The van der Waals surface area contributed by atoms with Crippen molar-refractivity contribution >= 4 is 21.6 Å². The summed E-state index contributed by atoms with van der Waals surface area (Å²) in [7, 11) is -3.52. The van der Waals surface area contributed by atoms with Gasteiger partial charge < -0.3 is 5.32 Å². The Labute approximate surface area is 167 Å². The van der Waals surface area contributed by atoms with E-state index in [0.29, 0.717) is 31.1 Å². The molecule has 0 saturated carbocycles. The molecular formula is C21H27N3O3S. The first-order valence-electron chi connectivity index (χ1n) is 9.66. The maximum atomic E-state index is 12.9. The van der Waals surface area contributed by atoms with Crippen molar-refractivity contribution in [3.8, 4) is 0 Å². The van der Waals surface area contributed by atoms with Crippen molar-refractivity contribution in [1.29, 1.82) is 0 Å². The predicted octanol–water partition coefficient (Wildman–Crippen LogP) is 3.63. The number of nitrogens with one attached hydrogen (secondary N) is 1. The second-order valence-electron chi connectivity index (χ2n) is 7.63. The lowest BCUT2D eigenvalue weighted by atomic mass is 9.91. The van der Waals surface area contributed by atoms with Crippen LogP contribution in [0.25, 0.3) is 0 Å². The number of carbonyl (C=O) groups is 1. The summed E-state index contributed by atoms with van der Waals surface area (Å²) in [4.78, 5) is 16.2. The van der Waals surface area contributed by atoms with Crippen molar-refractivity contribution in [2.45, 2.75) is 43.9 Å². The Morgan fingerprint density at radius 1 is 1.11 bits per heavy atom. The normalized spacial score (nSPS) is 16.2. The Hall–Kier alpha value is -2.25. The van der Waals surface area contributed by atoms with Gasteiger partial charge in [0.05, 0.1) is 4.90 Å². The topological polar surface area (TPSA) is 79.4 Å². The number of carbonyl (C=O) groups excluding carboxylic acids is 1. The number of sulfonamides is 1. The highest BCUT2D eigenvalue weighted by molar-refractivity contribution is 7.89. The molecule has 2 heterocycles. The molecule has 1 fully saturated rings. The summed E-state index contributed by atoms with van der Waals surface area (Å²) < 4.78 is 27.4. The van der Waals surface area contributed by atoms with Gasteiger partial charge in [0.15, 0.2) is 0 Å². The highest BCUT2D eigenvalue weighted by Crippen LogP contribution is 2.30. The molecule has 0 spiro atoms. The number of benzene rings is 1. The smallest absolute Gasteiger partial charge is 0.243 e. The van der Waals surface area contributed by atoms with Gasteiger partial charge in [-0.05, 0) is 66.6 Å². The molecule has 1 saturated heterocycles. The number of piperidine rings is 1. The lowest BCUT2D eigenvalue weighted by Crippen LogP contribution is -2.37. The summed E-state index contributed by atoms with van der Waals surface area (Å²) in [6, 6.07) is 10.4. The fourth-order valence-corrected chi connectivity index (χ4v) is 4.98. The van der Waals surface area contributed by atoms with E-state index in [9.17, 15) is 13.2 Å². The number of nitrogens with zero attached hydrogens (tertiary/aromatic N) is 2. The predicted molar refractivity (Wildman–Crippen MR) is 109 cm³/mol. The molecule has 6 nitrogen and oxygen atoms in total. The van der Waals surface area contributed by atoms with E-state index in [0.717, 1.165) is 12.8 Å². The minimum atomic E-state index is -3.52. The molecule has 2 aromatic rings. The van der Waals surface area contributed by atoms with E-state index in [1.54, 1.807) is 41.0 Å². The van der Waals surface area contributed by atoms with Gasteiger partial charge in [0, 0.05) is 37.6 Å². The van der Waals surface area contributed by atoms with Gasteiger partial charge in [-0.2, -0.15) is 4.31 Å². The van der Waals surface area contributed by atoms with Gasteiger partial charge in [-0.15, -0.1) is 0 Å². The number of hydrogen-bond donors (Lipinski definition) is 1. The van der Waals surface area contributed by atoms with Crippen LogP contribution in [0, 0.1) is 5.92 Å². The zero-order valence-corrected chi connectivity index (χ0v) is 17.2. The van der Waals surface area contributed by atoms with Gasteiger partial charge in [-0.1, -0.05) is 13.8 Å². The number of pyridine rings is 1. The summed E-state index contributed by atoms with van der Waals surface area (Å²) in [5, 5.41) is 2.80.